The zero-order chi connectivity index (χ0) is 15.8. The molecule has 3 aromatic rings. The molecule has 0 unspecified atom stereocenters. The Hall–Kier alpha value is -2.50. The molecule has 0 aliphatic heterocycles. The third kappa shape index (κ3) is 2.34. The summed E-state index contributed by atoms with van der Waals surface area (Å²) in [4.78, 5) is 11.5. The third-order valence-electron chi connectivity index (χ3n) is 4.68. The highest BCUT2D eigenvalue weighted by Gasteiger charge is 2.20. The molecule has 118 valence electrons. The molecular weight excluding hydrogens is 290 g/mol. The van der Waals surface area contributed by atoms with E-state index in [0.29, 0.717) is 12.2 Å². The van der Waals surface area contributed by atoms with E-state index in [2.05, 4.69) is 44.4 Å². The van der Waals surface area contributed by atoms with Gasteiger partial charge in [0.25, 0.3) is 0 Å². The number of fused-ring (bicyclic) bond motifs is 3. The highest BCUT2D eigenvalue weighted by Crippen LogP contribution is 2.32. The fourth-order valence-electron chi connectivity index (χ4n) is 3.66. The van der Waals surface area contributed by atoms with E-state index in [1.165, 1.54) is 46.6 Å². The van der Waals surface area contributed by atoms with Crippen molar-refractivity contribution in [3.8, 4) is 0 Å². The van der Waals surface area contributed by atoms with Crippen molar-refractivity contribution in [3.05, 3.63) is 41.3 Å². The van der Waals surface area contributed by atoms with E-state index in [9.17, 15) is 4.79 Å². The summed E-state index contributed by atoms with van der Waals surface area (Å²) in [5.41, 5.74) is 4.22. The number of tetrazole rings is 1. The Balaban J connectivity index is 1.71. The summed E-state index contributed by atoms with van der Waals surface area (Å²) in [6.07, 6.45) is 5.45. The summed E-state index contributed by atoms with van der Waals surface area (Å²) in [5.74, 6) is 0.476. The van der Waals surface area contributed by atoms with Crippen molar-refractivity contribution < 1.29 is 4.79 Å². The van der Waals surface area contributed by atoms with Crippen LogP contribution in [0.3, 0.4) is 0 Å². The van der Waals surface area contributed by atoms with E-state index >= 15 is 0 Å². The van der Waals surface area contributed by atoms with Crippen molar-refractivity contribution in [2.45, 2.75) is 45.6 Å². The molecule has 0 saturated heterocycles. The van der Waals surface area contributed by atoms with Crippen molar-refractivity contribution >= 4 is 16.8 Å². The van der Waals surface area contributed by atoms with Gasteiger partial charge in [-0.2, -0.15) is 4.68 Å². The maximum Gasteiger partial charge on any atom is 0.246 e. The lowest BCUT2D eigenvalue weighted by atomic mass is 9.95. The van der Waals surface area contributed by atoms with Crippen LogP contribution in [0.1, 0.15) is 41.6 Å². The van der Waals surface area contributed by atoms with E-state index in [1.54, 1.807) is 0 Å². The number of nitrogens with zero attached hydrogens (tertiary/aromatic N) is 5. The number of carbonyl (C=O) groups is 1. The van der Waals surface area contributed by atoms with Gasteiger partial charge >= 0.3 is 0 Å². The number of carbonyl (C=O) groups excluding carboxylic acids is 1. The Morgan fingerprint density at radius 1 is 1.22 bits per heavy atom. The Kier molecular flexibility index (Phi) is 3.44. The van der Waals surface area contributed by atoms with E-state index in [-0.39, 0.29) is 5.91 Å². The molecule has 1 aliphatic rings. The zero-order valence-corrected chi connectivity index (χ0v) is 13.2. The fraction of sp³-hybridized carbons (Fsp3) is 0.412. The van der Waals surface area contributed by atoms with Gasteiger partial charge in [0.2, 0.25) is 5.91 Å². The minimum Gasteiger partial charge on any atom is -0.344 e. The van der Waals surface area contributed by atoms with Gasteiger partial charge in [0, 0.05) is 36.5 Å². The third-order valence-corrected chi connectivity index (χ3v) is 4.68. The van der Waals surface area contributed by atoms with Gasteiger partial charge in [-0.1, -0.05) is 18.2 Å². The molecule has 2 heterocycles. The summed E-state index contributed by atoms with van der Waals surface area (Å²) >= 11 is 0. The smallest absolute Gasteiger partial charge is 0.246 e. The molecule has 0 amide bonds. The van der Waals surface area contributed by atoms with Crippen LogP contribution in [0.25, 0.3) is 10.9 Å². The number of aryl methyl sites for hydroxylation is 3. The van der Waals surface area contributed by atoms with Crippen LogP contribution in [0.4, 0.5) is 0 Å². The predicted octanol–water partition coefficient (Wildman–Crippen LogP) is 2.41. The second kappa shape index (κ2) is 5.61. The Morgan fingerprint density at radius 2 is 2.04 bits per heavy atom. The van der Waals surface area contributed by atoms with Crippen LogP contribution >= 0.6 is 0 Å². The Bertz CT molecular complexity index is 876. The van der Waals surface area contributed by atoms with Gasteiger partial charge in [0.1, 0.15) is 0 Å². The summed E-state index contributed by atoms with van der Waals surface area (Å²) in [6.45, 7) is 2.27. The summed E-state index contributed by atoms with van der Waals surface area (Å²) in [6, 6.07) is 8.60. The monoisotopic (exact) mass is 309 g/mol. The lowest BCUT2D eigenvalue weighted by molar-refractivity contribution is 0.0915. The van der Waals surface area contributed by atoms with Crippen molar-refractivity contribution in [2.24, 2.45) is 0 Å². The van der Waals surface area contributed by atoms with Gasteiger partial charge < -0.3 is 4.57 Å². The van der Waals surface area contributed by atoms with Crippen LogP contribution in [-0.4, -0.2) is 30.7 Å². The van der Waals surface area contributed by atoms with E-state index < -0.39 is 0 Å². The van der Waals surface area contributed by atoms with Crippen molar-refractivity contribution in [3.63, 3.8) is 0 Å². The summed E-state index contributed by atoms with van der Waals surface area (Å²) in [5, 5.41) is 12.8. The van der Waals surface area contributed by atoms with Gasteiger partial charge in [-0.25, -0.2) is 0 Å². The molecule has 0 fully saturated rings. The second-order valence-corrected chi connectivity index (χ2v) is 6.08. The highest BCUT2D eigenvalue weighted by atomic mass is 16.2. The molecule has 6 nitrogen and oxygen atoms in total. The molecule has 6 heteroatoms. The van der Waals surface area contributed by atoms with E-state index in [4.69, 9.17) is 0 Å². The molecule has 0 spiro atoms. The second-order valence-electron chi connectivity index (χ2n) is 6.08. The van der Waals surface area contributed by atoms with Gasteiger partial charge in [0.05, 0.1) is 0 Å². The van der Waals surface area contributed by atoms with Gasteiger partial charge in [0.15, 0.2) is 5.82 Å². The van der Waals surface area contributed by atoms with Crippen LogP contribution in [0.5, 0.6) is 0 Å². The number of para-hydroxylation sites is 1. The van der Waals surface area contributed by atoms with Crippen LogP contribution in [-0.2, 0) is 25.8 Å². The maximum atomic E-state index is 11.5. The van der Waals surface area contributed by atoms with Crippen molar-refractivity contribution in [1.29, 1.82) is 0 Å². The first-order valence-corrected chi connectivity index (χ1v) is 8.13. The number of aromatic nitrogens is 5. The molecule has 0 atom stereocenters. The van der Waals surface area contributed by atoms with Gasteiger partial charge in [-0.15, -0.1) is 5.10 Å². The largest absolute Gasteiger partial charge is 0.344 e. The standard InChI is InChI=1S/C17H19N5O/c1-12(23)22-17(18-19-20-22)10-11-21-15-8-4-2-6-13(15)14-7-3-5-9-16(14)21/h2,4,6,8H,3,5,7,9-11H2,1H3. The van der Waals surface area contributed by atoms with Gasteiger partial charge in [-0.3, -0.25) is 4.79 Å². The average molecular weight is 309 g/mol. The molecule has 0 N–H and O–H groups in total. The van der Waals surface area contributed by atoms with Crippen molar-refractivity contribution in [2.75, 3.05) is 0 Å². The number of benzene rings is 1. The number of hydrogen-bond acceptors (Lipinski definition) is 4. The summed E-state index contributed by atoms with van der Waals surface area (Å²) < 4.78 is 3.68. The lowest BCUT2D eigenvalue weighted by Crippen LogP contribution is -2.15. The van der Waals surface area contributed by atoms with E-state index in [0.717, 1.165) is 19.4 Å². The minimum absolute atomic E-state index is 0.149. The van der Waals surface area contributed by atoms with Crippen LogP contribution in [0.15, 0.2) is 24.3 Å². The minimum atomic E-state index is -0.149. The molecule has 0 bridgehead atoms. The molecule has 23 heavy (non-hydrogen) atoms. The fourth-order valence-corrected chi connectivity index (χ4v) is 3.66. The SMILES string of the molecule is CC(=O)n1nnnc1CCn1c2c(c3ccccc31)CCCC2. The maximum absolute atomic E-state index is 11.5. The quantitative estimate of drug-likeness (QED) is 0.697. The molecule has 0 saturated carbocycles. The van der Waals surface area contributed by atoms with Crippen molar-refractivity contribution in [1.82, 2.24) is 24.8 Å². The van der Waals surface area contributed by atoms with Crippen LogP contribution in [0.2, 0.25) is 0 Å². The topological polar surface area (TPSA) is 65.6 Å². The molecule has 1 aliphatic carbocycles. The molecule has 4 rings (SSSR count). The normalized spacial score (nSPS) is 14.1. The molecule has 2 aromatic heterocycles. The van der Waals surface area contributed by atoms with Gasteiger partial charge in [-0.05, 0) is 47.7 Å². The highest BCUT2D eigenvalue weighted by molar-refractivity contribution is 5.85. The Labute approximate surface area is 134 Å². The predicted molar refractivity (Wildman–Crippen MR) is 86.4 cm³/mol. The first kappa shape index (κ1) is 14.1. The van der Waals surface area contributed by atoms with Crippen LogP contribution in [0, 0.1) is 0 Å². The Morgan fingerprint density at radius 3 is 2.91 bits per heavy atom. The van der Waals surface area contributed by atoms with E-state index in [1.807, 2.05) is 0 Å². The molecule has 0 radical (unpaired) electrons. The lowest BCUT2D eigenvalue weighted by Gasteiger charge is -2.15. The molecular formula is C17H19N5O. The first-order chi connectivity index (χ1) is 11.3. The number of hydrogen-bond donors (Lipinski definition) is 0. The molecule has 1 aromatic carbocycles. The summed E-state index contributed by atoms with van der Waals surface area (Å²) in [7, 11) is 0. The number of rotatable bonds is 3. The zero-order valence-electron chi connectivity index (χ0n) is 13.2. The average Bonchev–Trinajstić information content (AvgIpc) is 3.16. The van der Waals surface area contributed by atoms with Crippen LogP contribution < -0.4 is 0 Å². The first-order valence-electron chi connectivity index (χ1n) is 8.13.